The third-order valence-electron chi connectivity index (χ3n) is 1.86. The molecule has 0 aliphatic carbocycles. The Morgan fingerprint density at radius 2 is 1.94 bits per heavy atom. The largest absolute Gasteiger partial charge is 0.394 e. The maximum atomic E-state index is 11.3. The van der Waals surface area contributed by atoms with E-state index < -0.39 is 31.4 Å². The fourth-order valence-corrected chi connectivity index (χ4v) is 0.860. The SMILES string of the molecule is O=C(Nc1nnn[nH]1)NC(CO)(CO)CO. The molecular weight excluding hydrogens is 220 g/mol. The summed E-state index contributed by atoms with van der Waals surface area (Å²) < 4.78 is 0. The lowest BCUT2D eigenvalue weighted by Gasteiger charge is -2.28. The van der Waals surface area contributed by atoms with Gasteiger partial charge < -0.3 is 20.6 Å². The van der Waals surface area contributed by atoms with Gasteiger partial charge in [-0.25, -0.2) is 9.89 Å². The molecule has 1 rings (SSSR count). The van der Waals surface area contributed by atoms with Gasteiger partial charge in [-0.15, -0.1) is 0 Å². The minimum Gasteiger partial charge on any atom is -0.394 e. The second kappa shape index (κ2) is 5.34. The summed E-state index contributed by atoms with van der Waals surface area (Å²) >= 11 is 0. The van der Waals surface area contributed by atoms with E-state index in [-0.39, 0.29) is 5.95 Å². The number of tetrazole rings is 1. The van der Waals surface area contributed by atoms with Crippen molar-refractivity contribution in [3.8, 4) is 0 Å². The van der Waals surface area contributed by atoms with Gasteiger partial charge in [0.2, 0.25) is 5.95 Å². The smallest absolute Gasteiger partial charge is 0.322 e. The minimum atomic E-state index is -1.49. The number of rotatable bonds is 5. The monoisotopic (exact) mass is 232 g/mol. The second-order valence-corrected chi connectivity index (χ2v) is 3.08. The minimum absolute atomic E-state index is 0.000203. The number of carbonyl (C=O) groups is 1. The first-order chi connectivity index (χ1) is 7.65. The Morgan fingerprint density at radius 1 is 1.31 bits per heavy atom. The molecular formula is C6H12N6O4. The van der Waals surface area contributed by atoms with Gasteiger partial charge in [0.15, 0.2) is 0 Å². The van der Waals surface area contributed by atoms with Crippen molar-refractivity contribution in [1.82, 2.24) is 25.9 Å². The Balaban J connectivity index is 2.55. The van der Waals surface area contributed by atoms with Crippen LogP contribution in [0.5, 0.6) is 0 Å². The highest BCUT2D eigenvalue weighted by Crippen LogP contribution is 2.02. The topological polar surface area (TPSA) is 156 Å². The van der Waals surface area contributed by atoms with E-state index in [1.807, 2.05) is 0 Å². The van der Waals surface area contributed by atoms with Crippen molar-refractivity contribution in [2.24, 2.45) is 0 Å². The molecule has 0 atom stereocenters. The molecule has 0 saturated carbocycles. The van der Waals surface area contributed by atoms with Gasteiger partial charge >= 0.3 is 6.03 Å². The van der Waals surface area contributed by atoms with Crippen LogP contribution in [0.2, 0.25) is 0 Å². The van der Waals surface area contributed by atoms with Crippen molar-refractivity contribution < 1.29 is 20.1 Å². The molecule has 16 heavy (non-hydrogen) atoms. The number of amides is 2. The number of hydrogen-bond donors (Lipinski definition) is 6. The lowest BCUT2D eigenvalue weighted by molar-refractivity contribution is 0.0507. The van der Waals surface area contributed by atoms with E-state index in [4.69, 9.17) is 15.3 Å². The molecule has 2 amide bonds. The normalized spacial score (nSPS) is 11.2. The van der Waals surface area contributed by atoms with Gasteiger partial charge in [-0.1, -0.05) is 5.10 Å². The molecule has 1 heterocycles. The highest BCUT2D eigenvalue weighted by Gasteiger charge is 2.30. The fraction of sp³-hybridized carbons (Fsp3) is 0.667. The summed E-state index contributed by atoms with van der Waals surface area (Å²) in [6.07, 6.45) is 0. The molecule has 6 N–H and O–H groups in total. The third kappa shape index (κ3) is 2.85. The van der Waals surface area contributed by atoms with Crippen molar-refractivity contribution in [1.29, 1.82) is 0 Å². The van der Waals surface area contributed by atoms with Crippen molar-refractivity contribution >= 4 is 12.0 Å². The van der Waals surface area contributed by atoms with Crippen LogP contribution in [0.1, 0.15) is 0 Å². The molecule has 0 aliphatic rings. The zero-order chi connectivity index (χ0) is 12.0. The molecule has 0 spiro atoms. The van der Waals surface area contributed by atoms with Gasteiger partial charge in [0.25, 0.3) is 0 Å². The predicted molar refractivity (Wildman–Crippen MR) is 50.3 cm³/mol. The van der Waals surface area contributed by atoms with E-state index in [2.05, 4.69) is 31.3 Å². The molecule has 0 saturated heterocycles. The van der Waals surface area contributed by atoms with Crippen molar-refractivity contribution in [2.45, 2.75) is 5.54 Å². The van der Waals surface area contributed by atoms with E-state index >= 15 is 0 Å². The fourth-order valence-electron chi connectivity index (χ4n) is 0.860. The van der Waals surface area contributed by atoms with Crippen LogP contribution >= 0.6 is 0 Å². The summed E-state index contributed by atoms with van der Waals surface area (Å²) in [6.45, 7) is -1.83. The highest BCUT2D eigenvalue weighted by molar-refractivity contribution is 5.87. The maximum absolute atomic E-state index is 11.3. The molecule has 10 heteroatoms. The number of urea groups is 1. The molecule has 1 aromatic rings. The van der Waals surface area contributed by atoms with Crippen molar-refractivity contribution in [3.05, 3.63) is 0 Å². The van der Waals surface area contributed by atoms with Crippen LogP contribution in [-0.2, 0) is 0 Å². The first-order valence-electron chi connectivity index (χ1n) is 4.31. The Bertz CT molecular complexity index is 316. The van der Waals surface area contributed by atoms with Gasteiger partial charge in [-0.2, -0.15) is 0 Å². The summed E-state index contributed by atoms with van der Waals surface area (Å²) in [4.78, 5) is 11.3. The second-order valence-electron chi connectivity index (χ2n) is 3.08. The average Bonchev–Trinajstić information content (AvgIpc) is 2.79. The summed E-state index contributed by atoms with van der Waals surface area (Å²) in [5.41, 5.74) is -1.49. The quantitative estimate of drug-likeness (QED) is 0.316. The Kier molecular flexibility index (Phi) is 4.10. The lowest BCUT2D eigenvalue weighted by Crippen LogP contribution is -2.58. The molecule has 0 aliphatic heterocycles. The van der Waals surface area contributed by atoms with Crippen LogP contribution < -0.4 is 10.6 Å². The number of H-pyrrole nitrogens is 1. The van der Waals surface area contributed by atoms with E-state index in [0.29, 0.717) is 0 Å². The number of aliphatic hydroxyl groups is 3. The van der Waals surface area contributed by atoms with E-state index in [0.717, 1.165) is 0 Å². The van der Waals surface area contributed by atoms with Crippen LogP contribution in [-0.4, -0.2) is 67.3 Å². The summed E-state index contributed by atoms with van der Waals surface area (Å²) in [7, 11) is 0. The number of hydrogen-bond acceptors (Lipinski definition) is 7. The van der Waals surface area contributed by atoms with Crippen LogP contribution in [0.3, 0.4) is 0 Å². The number of nitrogens with one attached hydrogen (secondary N) is 3. The van der Waals surface area contributed by atoms with E-state index in [9.17, 15) is 4.79 Å². The van der Waals surface area contributed by atoms with Gasteiger partial charge in [0.1, 0.15) is 5.54 Å². The molecule has 1 aromatic heterocycles. The molecule has 0 radical (unpaired) electrons. The number of aromatic nitrogens is 4. The lowest BCUT2D eigenvalue weighted by atomic mass is 10.0. The Morgan fingerprint density at radius 3 is 2.38 bits per heavy atom. The van der Waals surface area contributed by atoms with Gasteiger partial charge in [-0.05, 0) is 10.4 Å². The van der Waals surface area contributed by atoms with Crippen LogP contribution in [0, 0.1) is 0 Å². The van der Waals surface area contributed by atoms with Gasteiger partial charge in [0.05, 0.1) is 19.8 Å². The van der Waals surface area contributed by atoms with Crippen LogP contribution in [0.4, 0.5) is 10.7 Å². The summed E-state index contributed by atoms with van der Waals surface area (Å²) in [6, 6.07) is -0.768. The predicted octanol–water partition coefficient (Wildman–Crippen LogP) is -2.96. The zero-order valence-electron chi connectivity index (χ0n) is 8.21. The van der Waals surface area contributed by atoms with Gasteiger partial charge in [-0.3, -0.25) is 5.32 Å². The Labute approximate surface area is 89.7 Å². The first kappa shape index (κ1) is 12.3. The number of aliphatic hydroxyl groups excluding tert-OH is 3. The summed E-state index contributed by atoms with van der Waals surface area (Å²) in [5.74, 6) is 0.000203. The number of aromatic amines is 1. The Hall–Kier alpha value is -1.78. The molecule has 90 valence electrons. The number of anilines is 1. The van der Waals surface area contributed by atoms with E-state index in [1.165, 1.54) is 0 Å². The first-order valence-corrected chi connectivity index (χ1v) is 4.31. The average molecular weight is 232 g/mol. The molecule has 0 aromatic carbocycles. The number of carbonyl (C=O) groups excluding carboxylic acids is 1. The summed E-state index contributed by atoms with van der Waals surface area (Å²) in [5, 5.41) is 43.3. The molecule has 0 fully saturated rings. The molecule has 10 nitrogen and oxygen atoms in total. The van der Waals surface area contributed by atoms with E-state index in [1.54, 1.807) is 0 Å². The zero-order valence-corrected chi connectivity index (χ0v) is 8.21. The van der Waals surface area contributed by atoms with Gasteiger partial charge in [0, 0.05) is 0 Å². The standard InChI is InChI=1S/C6H12N6O4/c13-1-6(2-14,3-15)8-5(16)7-4-9-11-12-10-4/h13-15H,1-3H2,(H3,7,8,9,10,11,12,16). The van der Waals surface area contributed by atoms with Crippen molar-refractivity contribution in [3.63, 3.8) is 0 Å². The third-order valence-corrected chi connectivity index (χ3v) is 1.86. The van der Waals surface area contributed by atoms with Crippen LogP contribution in [0.25, 0.3) is 0 Å². The molecule has 0 bridgehead atoms. The van der Waals surface area contributed by atoms with Crippen molar-refractivity contribution in [2.75, 3.05) is 25.1 Å². The number of nitrogens with zero attached hydrogens (tertiary/aromatic N) is 3. The maximum Gasteiger partial charge on any atom is 0.322 e. The van der Waals surface area contributed by atoms with Crippen LogP contribution in [0.15, 0.2) is 0 Å². The highest BCUT2D eigenvalue weighted by atomic mass is 16.3. The molecule has 0 unspecified atom stereocenters.